The van der Waals surface area contributed by atoms with Gasteiger partial charge in [-0.05, 0) is 49.9 Å². The van der Waals surface area contributed by atoms with Crippen molar-refractivity contribution in [1.82, 2.24) is 9.55 Å². The molecule has 1 saturated carbocycles. The molecule has 3 nitrogen and oxygen atoms in total. The summed E-state index contributed by atoms with van der Waals surface area (Å²) in [5.74, 6) is -2.36. The molecule has 0 amide bonds. The predicted molar refractivity (Wildman–Crippen MR) is 90.6 cm³/mol. The van der Waals surface area contributed by atoms with E-state index in [1.807, 2.05) is 0 Å². The van der Waals surface area contributed by atoms with Crippen LogP contribution in [-0.4, -0.2) is 15.7 Å². The van der Waals surface area contributed by atoms with Gasteiger partial charge in [0.05, 0.1) is 11.6 Å². The summed E-state index contributed by atoms with van der Waals surface area (Å²) < 4.78 is 79.2. The molecule has 1 fully saturated rings. The Balaban J connectivity index is 2.06. The molecule has 10 heteroatoms. The topological polar surface area (TPSA) is 34.9 Å². The van der Waals surface area contributed by atoms with Gasteiger partial charge in [0.15, 0.2) is 5.69 Å². The van der Waals surface area contributed by atoms with E-state index in [0.717, 1.165) is 4.57 Å². The van der Waals surface area contributed by atoms with E-state index in [2.05, 4.69) is 4.98 Å². The van der Waals surface area contributed by atoms with Crippen LogP contribution >= 0.6 is 11.6 Å². The van der Waals surface area contributed by atoms with Crippen LogP contribution in [0.2, 0.25) is 5.02 Å². The Morgan fingerprint density at radius 3 is 2.04 bits per heavy atom. The summed E-state index contributed by atoms with van der Waals surface area (Å²) in [7, 11) is 0. The molecule has 0 bridgehead atoms. The molecule has 3 rings (SSSR count). The third-order valence-electron chi connectivity index (χ3n) is 4.88. The molecule has 1 aliphatic rings. The maximum Gasteiger partial charge on any atom is 0.433 e. The van der Waals surface area contributed by atoms with Crippen LogP contribution in [0, 0.1) is 5.92 Å². The number of hydrogen-bond acceptors (Lipinski definition) is 2. The molecule has 28 heavy (non-hydrogen) atoms. The maximum atomic E-state index is 13.1. The van der Waals surface area contributed by atoms with Crippen LogP contribution in [0.25, 0.3) is 5.69 Å². The Kier molecular flexibility index (Phi) is 5.49. The first-order valence-corrected chi connectivity index (χ1v) is 8.88. The second-order valence-electron chi connectivity index (χ2n) is 6.74. The number of halogens is 7. The third kappa shape index (κ3) is 4.34. The van der Waals surface area contributed by atoms with Gasteiger partial charge in [0.2, 0.25) is 0 Å². The molecule has 0 aliphatic heterocycles. The average molecular weight is 425 g/mol. The van der Waals surface area contributed by atoms with Gasteiger partial charge in [-0.15, -0.1) is 0 Å². The zero-order chi connectivity index (χ0) is 20.7. The summed E-state index contributed by atoms with van der Waals surface area (Å²) in [6.07, 6.45) is -9.64. The first-order valence-electron chi connectivity index (χ1n) is 8.50. The Bertz CT molecular complexity index is 896. The van der Waals surface area contributed by atoms with Crippen molar-refractivity contribution in [2.75, 3.05) is 0 Å². The van der Waals surface area contributed by atoms with Crippen LogP contribution in [0.15, 0.2) is 35.1 Å². The zero-order valence-electron chi connectivity index (χ0n) is 14.3. The number of hydrogen-bond donors (Lipinski definition) is 0. The van der Waals surface area contributed by atoms with Crippen LogP contribution in [0.1, 0.15) is 43.1 Å². The van der Waals surface area contributed by atoms with Gasteiger partial charge in [0.25, 0.3) is 5.56 Å². The molecule has 0 radical (unpaired) electrons. The van der Waals surface area contributed by atoms with Gasteiger partial charge in [-0.25, -0.2) is 4.98 Å². The quantitative estimate of drug-likeness (QED) is 0.576. The van der Waals surface area contributed by atoms with Gasteiger partial charge >= 0.3 is 12.4 Å². The van der Waals surface area contributed by atoms with E-state index in [0.29, 0.717) is 11.1 Å². The highest BCUT2D eigenvalue weighted by Gasteiger charge is 2.43. The Hall–Kier alpha value is -2.03. The number of benzene rings is 1. The van der Waals surface area contributed by atoms with Crippen molar-refractivity contribution in [2.45, 2.75) is 44.0 Å². The van der Waals surface area contributed by atoms with Crippen LogP contribution in [0.3, 0.4) is 0 Å². The molecule has 152 valence electrons. The van der Waals surface area contributed by atoms with E-state index >= 15 is 0 Å². The van der Waals surface area contributed by atoms with Crippen molar-refractivity contribution in [3.8, 4) is 5.69 Å². The van der Waals surface area contributed by atoms with Gasteiger partial charge in [0.1, 0.15) is 5.82 Å². The second-order valence-corrected chi connectivity index (χ2v) is 7.17. The first-order chi connectivity index (χ1) is 13.0. The fourth-order valence-electron chi connectivity index (χ4n) is 3.45. The minimum absolute atomic E-state index is 0.00842. The second kappa shape index (κ2) is 7.42. The first kappa shape index (κ1) is 20.7. The van der Waals surface area contributed by atoms with Crippen LogP contribution < -0.4 is 5.56 Å². The number of alkyl halides is 6. The largest absolute Gasteiger partial charge is 0.433 e. The van der Waals surface area contributed by atoms with Crippen molar-refractivity contribution < 1.29 is 26.3 Å². The highest BCUT2D eigenvalue weighted by molar-refractivity contribution is 6.30. The van der Waals surface area contributed by atoms with E-state index in [1.165, 1.54) is 24.3 Å². The van der Waals surface area contributed by atoms with Crippen molar-refractivity contribution in [3.05, 3.63) is 57.2 Å². The molecule has 1 aromatic carbocycles. The maximum absolute atomic E-state index is 13.1. The standard InChI is InChI=1S/C18H15ClF6N2O/c19-12-5-7-13(8-6-12)27-15(28)9-14(18(23,24)25)26-16(27)10-1-3-11(4-2-10)17(20,21)22/h5-11H,1-4H2. The Morgan fingerprint density at radius 1 is 0.964 bits per heavy atom. The molecule has 0 unspecified atom stereocenters. The normalized spacial score (nSPS) is 21.0. The van der Waals surface area contributed by atoms with E-state index in [4.69, 9.17) is 11.6 Å². The number of rotatable bonds is 2. The molecular weight excluding hydrogens is 410 g/mol. The fraction of sp³-hybridized carbons (Fsp3) is 0.444. The van der Waals surface area contributed by atoms with Gasteiger partial charge < -0.3 is 0 Å². The summed E-state index contributed by atoms with van der Waals surface area (Å²) in [4.78, 5) is 16.1. The molecule has 0 saturated heterocycles. The van der Waals surface area contributed by atoms with Gasteiger partial charge in [-0.2, -0.15) is 26.3 Å². The lowest BCUT2D eigenvalue weighted by molar-refractivity contribution is -0.182. The van der Waals surface area contributed by atoms with Crippen LogP contribution in [0.4, 0.5) is 26.3 Å². The SMILES string of the molecule is O=c1cc(C(F)(F)F)nc(C2CCC(C(F)(F)F)CC2)n1-c1ccc(Cl)cc1. The Morgan fingerprint density at radius 2 is 1.54 bits per heavy atom. The highest BCUT2D eigenvalue weighted by Crippen LogP contribution is 2.43. The van der Waals surface area contributed by atoms with Gasteiger partial charge in [-0.1, -0.05) is 11.6 Å². The number of aromatic nitrogens is 2. The average Bonchev–Trinajstić information content (AvgIpc) is 2.61. The van der Waals surface area contributed by atoms with Gasteiger partial charge in [-0.3, -0.25) is 9.36 Å². The predicted octanol–water partition coefficient (Wildman–Crippen LogP) is 5.74. The Labute approximate surface area is 161 Å². The van der Waals surface area contributed by atoms with E-state index in [-0.39, 0.29) is 37.2 Å². The monoisotopic (exact) mass is 424 g/mol. The van der Waals surface area contributed by atoms with E-state index in [1.54, 1.807) is 0 Å². The molecule has 0 N–H and O–H groups in total. The lowest BCUT2D eigenvalue weighted by atomic mass is 9.81. The highest BCUT2D eigenvalue weighted by atomic mass is 35.5. The smallest absolute Gasteiger partial charge is 0.269 e. The van der Waals surface area contributed by atoms with Crippen LogP contribution in [0.5, 0.6) is 0 Å². The fourth-order valence-corrected chi connectivity index (χ4v) is 3.57. The lowest BCUT2D eigenvalue weighted by Crippen LogP contribution is -2.32. The zero-order valence-corrected chi connectivity index (χ0v) is 15.1. The minimum Gasteiger partial charge on any atom is -0.269 e. The summed E-state index contributed by atoms with van der Waals surface area (Å²) in [5, 5.41) is 0.365. The van der Waals surface area contributed by atoms with E-state index < -0.39 is 35.4 Å². The van der Waals surface area contributed by atoms with Crippen LogP contribution in [-0.2, 0) is 6.18 Å². The van der Waals surface area contributed by atoms with Gasteiger partial charge in [0, 0.05) is 17.0 Å². The molecular formula is C18H15ClF6N2O. The number of nitrogens with zero attached hydrogens (tertiary/aromatic N) is 2. The van der Waals surface area contributed by atoms with E-state index in [9.17, 15) is 31.1 Å². The molecule has 0 spiro atoms. The summed E-state index contributed by atoms with van der Waals surface area (Å²) in [5.41, 5.74) is -2.04. The minimum atomic E-state index is -4.84. The summed E-state index contributed by atoms with van der Waals surface area (Å²) >= 11 is 5.81. The third-order valence-corrected chi connectivity index (χ3v) is 5.13. The molecule has 1 aliphatic carbocycles. The van der Waals surface area contributed by atoms with Crippen molar-refractivity contribution in [3.63, 3.8) is 0 Å². The summed E-state index contributed by atoms with van der Waals surface area (Å²) in [6.45, 7) is 0. The summed E-state index contributed by atoms with van der Waals surface area (Å²) in [6, 6.07) is 6.21. The molecule has 2 aromatic rings. The lowest BCUT2D eigenvalue weighted by Gasteiger charge is -2.30. The van der Waals surface area contributed by atoms with Crippen molar-refractivity contribution in [1.29, 1.82) is 0 Å². The molecule has 1 heterocycles. The molecule has 0 atom stereocenters. The molecule has 1 aromatic heterocycles. The van der Waals surface area contributed by atoms with Crippen molar-refractivity contribution >= 4 is 11.6 Å². The van der Waals surface area contributed by atoms with Crippen molar-refractivity contribution in [2.24, 2.45) is 5.92 Å².